The van der Waals surface area contributed by atoms with Gasteiger partial charge in [0, 0.05) is 26.2 Å². The second-order valence-electron chi connectivity index (χ2n) is 5.99. The fraction of sp³-hybridized carbons (Fsp3) is 0.938. The predicted molar refractivity (Wildman–Crippen MR) is 86.3 cm³/mol. The molecule has 0 aliphatic heterocycles. The van der Waals surface area contributed by atoms with Gasteiger partial charge in [-0.1, -0.05) is 19.3 Å². The zero-order valence-electron chi connectivity index (χ0n) is 13.6. The summed E-state index contributed by atoms with van der Waals surface area (Å²) < 4.78 is 5.93. The maximum atomic E-state index is 5.93. The Labute approximate surface area is 124 Å². The lowest BCUT2D eigenvalue weighted by Gasteiger charge is -2.21. The molecule has 0 amide bonds. The minimum Gasteiger partial charge on any atom is -0.378 e. The minimum atomic E-state index is 0.421. The summed E-state index contributed by atoms with van der Waals surface area (Å²) in [6.07, 6.45) is 10.8. The summed E-state index contributed by atoms with van der Waals surface area (Å²) in [7, 11) is 1.82. The van der Waals surface area contributed by atoms with Crippen molar-refractivity contribution in [3.05, 3.63) is 0 Å². The molecule has 0 atom stereocenters. The van der Waals surface area contributed by atoms with E-state index in [9.17, 15) is 0 Å². The van der Waals surface area contributed by atoms with Gasteiger partial charge in [0.2, 0.25) is 0 Å². The van der Waals surface area contributed by atoms with Crippen LogP contribution in [0.25, 0.3) is 0 Å². The Kier molecular flexibility index (Phi) is 9.46. The summed E-state index contributed by atoms with van der Waals surface area (Å²) >= 11 is 0. The van der Waals surface area contributed by atoms with Crippen LogP contribution < -0.4 is 10.6 Å². The molecule has 1 fully saturated rings. The summed E-state index contributed by atoms with van der Waals surface area (Å²) in [4.78, 5) is 4.19. The number of unbranched alkanes of at least 4 members (excludes halogenated alkanes) is 2. The Bertz CT molecular complexity index is 260. The number of hydrogen-bond donors (Lipinski definition) is 2. The molecule has 118 valence electrons. The molecule has 0 aromatic rings. The number of ether oxygens (including phenoxy) is 1. The molecule has 0 unspecified atom stereocenters. The van der Waals surface area contributed by atoms with Crippen LogP contribution in [0.4, 0.5) is 0 Å². The average Bonchev–Trinajstić information content (AvgIpc) is 2.45. The molecule has 1 rings (SSSR count). The third-order valence-corrected chi connectivity index (χ3v) is 3.67. The van der Waals surface area contributed by atoms with E-state index in [1.807, 2.05) is 7.05 Å². The fourth-order valence-corrected chi connectivity index (χ4v) is 2.56. The van der Waals surface area contributed by atoms with E-state index in [-0.39, 0.29) is 0 Å². The van der Waals surface area contributed by atoms with Gasteiger partial charge in [-0.2, -0.15) is 0 Å². The highest BCUT2D eigenvalue weighted by molar-refractivity contribution is 5.79. The number of nitrogens with one attached hydrogen (secondary N) is 2. The SMILES string of the molecule is CN=C(NCCCCCOC1CCCCC1)NC(C)C. The molecule has 1 aliphatic rings. The normalized spacial score (nSPS) is 17.5. The molecule has 0 aromatic carbocycles. The summed E-state index contributed by atoms with van der Waals surface area (Å²) in [6, 6.07) is 0.421. The van der Waals surface area contributed by atoms with E-state index < -0.39 is 0 Å². The zero-order valence-corrected chi connectivity index (χ0v) is 13.6. The molecular formula is C16H33N3O. The minimum absolute atomic E-state index is 0.421. The highest BCUT2D eigenvalue weighted by Crippen LogP contribution is 2.20. The quantitative estimate of drug-likeness (QED) is 0.409. The van der Waals surface area contributed by atoms with Crippen LogP contribution in [0.2, 0.25) is 0 Å². The largest absolute Gasteiger partial charge is 0.378 e. The molecule has 0 radical (unpaired) electrons. The number of rotatable bonds is 8. The molecule has 0 saturated heterocycles. The molecule has 4 nitrogen and oxygen atoms in total. The van der Waals surface area contributed by atoms with Crippen molar-refractivity contribution >= 4 is 5.96 Å². The van der Waals surface area contributed by atoms with Crippen LogP contribution in [0.1, 0.15) is 65.2 Å². The average molecular weight is 283 g/mol. The molecule has 2 N–H and O–H groups in total. The molecule has 0 aromatic heterocycles. The Morgan fingerprint density at radius 1 is 1.15 bits per heavy atom. The second kappa shape index (κ2) is 11.0. The number of hydrogen-bond acceptors (Lipinski definition) is 2. The first-order chi connectivity index (χ1) is 9.72. The van der Waals surface area contributed by atoms with E-state index in [2.05, 4.69) is 29.5 Å². The lowest BCUT2D eigenvalue weighted by molar-refractivity contribution is 0.0264. The van der Waals surface area contributed by atoms with Crippen LogP contribution >= 0.6 is 0 Å². The van der Waals surface area contributed by atoms with Gasteiger partial charge in [0.25, 0.3) is 0 Å². The molecule has 1 saturated carbocycles. The lowest BCUT2D eigenvalue weighted by atomic mass is 9.98. The standard InChI is InChI=1S/C16H33N3O/c1-14(2)19-16(17-3)18-12-8-5-9-13-20-15-10-6-4-7-11-15/h14-15H,4-13H2,1-3H3,(H2,17,18,19). The van der Waals surface area contributed by atoms with E-state index in [0.717, 1.165) is 19.1 Å². The van der Waals surface area contributed by atoms with Gasteiger partial charge in [0.1, 0.15) is 0 Å². The van der Waals surface area contributed by atoms with Crippen LogP contribution in [0.5, 0.6) is 0 Å². The predicted octanol–water partition coefficient (Wildman–Crippen LogP) is 3.08. The van der Waals surface area contributed by atoms with E-state index in [1.165, 1.54) is 51.4 Å². The first-order valence-electron chi connectivity index (χ1n) is 8.31. The number of guanidine groups is 1. The molecule has 20 heavy (non-hydrogen) atoms. The Morgan fingerprint density at radius 3 is 2.55 bits per heavy atom. The molecule has 0 bridgehead atoms. The van der Waals surface area contributed by atoms with Crippen molar-refractivity contribution in [3.8, 4) is 0 Å². The van der Waals surface area contributed by atoms with Crippen molar-refractivity contribution in [3.63, 3.8) is 0 Å². The van der Waals surface area contributed by atoms with Gasteiger partial charge < -0.3 is 15.4 Å². The maximum absolute atomic E-state index is 5.93. The highest BCUT2D eigenvalue weighted by atomic mass is 16.5. The first kappa shape index (κ1) is 17.3. The third-order valence-electron chi connectivity index (χ3n) is 3.67. The van der Waals surface area contributed by atoms with E-state index in [0.29, 0.717) is 12.1 Å². The van der Waals surface area contributed by atoms with E-state index >= 15 is 0 Å². The second-order valence-corrected chi connectivity index (χ2v) is 5.99. The molecule has 0 spiro atoms. The molecule has 0 heterocycles. The smallest absolute Gasteiger partial charge is 0.191 e. The molecule has 4 heteroatoms. The van der Waals surface area contributed by atoms with Crippen molar-refractivity contribution < 1.29 is 4.74 Å². The van der Waals surface area contributed by atoms with Gasteiger partial charge in [0.15, 0.2) is 5.96 Å². The van der Waals surface area contributed by atoms with Crippen molar-refractivity contribution in [2.24, 2.45) is 4.99 Å². The van der Waals surface area contributed by atoms with Crippen molar-refractivity contribution in [1.29, 1.82) is 0 Å². The maximum Gasteiger partial charge on any atom is 0.191 e. The Balaban J connectivity index is 1.91. The Hall–Kier alpha value is -0.770. The van der Waals surface area contributed by atoms with Gasteiger partial charge in [-0.3, -0.25) is 4.99 Å². The monoisotopic (exact) mass is 283 g/mol. The Morgan fingerprint density at radius 2 is 1.90 bits per heavy atom. The topological polar surface area (TPSA) is 45.7 Å². The van der Waals surface area contributed by atoms with Gasteiger partial charge in [-0.05, 0) is 46.0 Å². The van der Waals surface area contributed by atoms with Crippen LogP contribution in [0.3, 0.4) is 0 Å². The zero-order chi connectivity index (χ0) is 14.6. The number of nitrogens with zero attached hydrogens (tertiary/aromatic N) is 1. The van der Waals surface area contributed by atoms with Gasteiger partial charge in [0.05, 0.1) is 6.10 Å². The van der Waals surface area contributed by atoms with Crippen LogP contribution in [0.15, 0.2) is 4.99 Å². The van der Waals surface area contributed by atoms with Gasteiger partial charge in [-0.15, -0.1) is 0 Å². The summed E-state index contributed by atoms with van der Waals surface area (Å²) in [5, 5.41) is 6.63. The van der Waals surface area contributed by atoms with Crippen molar-refractivity contribution in [2.45, 2.75) is 77.4 Å². The third kappa shape index (κ3) is 8.41. The summed E-state index contributed by atoms with van der Waals surface area (Å²) in [5.41, 5.74) is 0. The fourth-order valence-electron chi connectivity index (χ4n) is 2.56. The van der Waals surface area contributed by atoms with Crippen molar-refractivity contribution in [2.75, 3.05) is 20.2 Å². The van der Waals surface area contributed by atoms with Gasteiger partial charge in [-0.25, -0.2) is 0 Å². The highest BCUT2D eigenvalue weighted by Gasteiger charge is 2.12. The summed E-state index contributed by atoms with van der Waals surface area (Å²) in [6.45, 7) is 6.16. The van der Waals surface area contributed by atoms with Gasteiger partial charge >= 0.3 is 0 Å². The van der Waals surface area contributed by atoms with Crippen LogP contribution in [-0.2, 0) is 4.74 Å². The van der Waals surface area contributed by atoms with E-state index in [4.69, 9.17) is 4.74 Å². The lowest BCUT2D eigenvalue weighted by Crippen LogP contribution is -2.41. The number of aliphatic imine (C=N–C) groups is 1. The summed E-state index contributed by atoms with van der Waals surface area (Å²) in [5.74, 6) is 0.901. The van der Waals surface area contributed by atoms with E-state index in [1.54, 1.807) is 0 Å². The molecule has 1 aliphatic carbocycles. The van der Waals surface area contributed by atoms with Crippen LogP contribution in [0, 0.1) is 0 Å². The van der Waals surface area contributed by atoms with Crippen LogP contribution in [-0.4, -0.2) is 38.3 Å². The first-order valence-corrected chi connectivity index (χ1v) is 8.31. The van der Waals surface area contributed by atoms with Crippen molar-refractivity contribution in [1.82, 2.24) is 10.6 Å². The molecular weight excluding hydrogens is 250 g/mol.